The number of aromatic carboxylic acids is 1. The standard InChI is InChI=1S/C14H8ClI2NO3/c15-11-3-2-8(6-9(11)14(20)21)18-13(19)10-5-7(16)1-4-12(10)17/h1-6H,(H,18,19)(H,20,21). The van der Waals surface area contributed by atoms with Gasteiger partial charge < -0.3 is 10.4 Å². The third kappa shape index (κ3) is 4.07. The number of carboxylic acids is 1. The predicted octanol–water partition coefficient (Wildman–Crippen LogP) is 4.50. The summed E-state index contributed by atoms with van der Waals surface area (Å²) in [6.07, 6.45) is 0. The Labute approximate surface area is 153 Å². The van der Waals surface area contributed by atoms with Gasteiger partial charge in [0.05, 0.1) is 16.1 Å². The Bertz CT molecular complexity index is 734. The van der Waals surface area contributed by atoms with Gasteiger partial charge in [-0.15, -0.1) is 0 Å². The molecule has 0 radical (unpaired) electrons. The highest BCUT2D eigenvalue weighted by atomic mass is 127. The zero-order chi connectivity index (χ0) is 15.6. The summed E-state index contributed by atoms with van der Waals surface area (Å²) in [7, 11) is 0. The molecule has 2 aromatic carbocycles. The summed E-state index contributed by atoms with van der Waals surface area (Å²) in [6.45, 7) is 0. The van der Waals surface area contributed by atoms with E-state index < -0.39 is 5.97 Å². The molecule has 0 aromatic heterocycles. The summed E-state index contributed by atoms with van der Waals surface area (Å²) in [4.78, 5) is 23.3. The lowest BCUT2D eigenvalue weighted by molar-refractivity contribution is 0.0696. The van der Waals surface area contributed by atoms with Crippen LogP contribution in [-0.4, -0.2) is 17.0 Å². The average Bonchev–Trinajstić information content (AvgIpc) is 2.43. The third-order valence-electron chi connectivity index (χ3n) is 2.63. The molecular formula is C14H8ClI2NO3. The molecular weight excluding hydrogens is 519 g/mol. The maximum absolute atomic E-state index is 12.3. The van der Waals surface area contributed by atoms with Crippen LogP contribution in [0.15, 0.2) is 36.4 Å². The number of amides is 1. The maximum atomic E-state index is 12.3. The second kappa shape index (κ2) is 6.93. The number of carboxylic acid groups (broad SMARTS) is 1. The van der Waals surface area contributed by atoms with Crippen molar-refractivity contribution >= 4 is 74.3 Å². The van der Waals surface area contributed by atoms with Crippen molar-refractivity contribution in [2.75, 3.05) is 5.32 Å². The van der Waals surface area contributed by atoms with Gasteiger partial charge in [0.25, 0.3) is 5.91 Å². The molecule has 0 spiro atoms. The first kappa shape index (κ1) is 16.5. The van der Waals surface area contributed by atoms with Gasteiger partial charge in [0.1, 0.15) is 0 Å². The van der Waals surface area contributed by atoms with Crippen molar-refractivity contribution in [2.24, 2.45) is 0 Å². The van der Waals surface area contributed by atoms with Crippen LogP contribution in [0.4, 0.5) is 5.69 Å². The van der Waals surface area contributed by atoms with Crippen LogP contribution < -0.4 is 5.32 Å². The molecule has 0 aliphatic carbocycles. The molecule has 108 valence electrons. The number of carbonyl (C=O) groups excluding carboxylic acids is 1. The Morgan fingerprint density at radius 1 is 1.05 bits per heavy atom. The summed E-state index contributed by atoms with van der Waals surface area (Å²) in [5.74, 6) is -1.43. The molecule has 21 heavy (non-hydrogen) atoms. The first-order chi connectivity index (χ1) is 9.88. The molecule has 0 atom stereocenters. The molecule has 1 amide bonds. The highest BCUT2D eigenvalue weighted by Crippen LogP contribution is 2.22. The number of halogens is 3. The van der Waals surface area contributed by atoms with E-state index in [2.05, 4.69) is 50.5 Å². The van der Waals surface area contributed by atoms with Crippen molar-refractivity contribution in [1.82, 2.24) is 0 Å². The lowest BCUT2D eigenvalue weighted by Gasteiger charge is -2.09. The Morgan fingerprint density at radius 3 is 2.43 bits per heavy atom. The van der Waals surface area contributed by atoms with Crippen LogP contribution in [0.5, 0.6) is 0 Å². The van der Waals surface area contributed by atoms with Crippen LogP contribution in [0.1, 0.15) is 20.7 Å². The SMILES string of the molecule is O=C(O)c1cc(NC(=O)c2cc(I)ccc2I)ccc1Cl. The fourth-order valence-corrected chi connectivity index (χ4v) is 2.91. The Morgan fingerprint density at radius 2 is 1.76 bits per heavy atom. The van der Waals surface area contributed by atoms with Gasteiger partial charge in [-0.25, -0.2) is 4.79 Å². The molecule has 7 heteroatoms. The molecule has 0 unspecified atom stereocenters. The highest BCUT2D eigenvalue weighted by Gasteiger charge is 2.13. The molecule has 0 saturated carbocycles. The van der Waals surface area contributed by atoms with Gasteiger partial charge in [0.2, 0.25) is 0 Å². The van der Waals surface area contributed by atoms with Gasteiger partial charge >= 0.3 is 5.97 Å². The Hall–Kier alpha value is -0.870. The molecule has 0 saturated heterocycles. The number of anilines is 1. The normalized spacial score (nSPS) is 10.2. The van der Waals surface area contributed by atoms with E-state index in [1.54, 1.807) is 12.1 Å². The number of benzene rings is 2. The molecule has 2 aromatic rings. The predicted molar refractivity (Wildman–Crippen MR) is 98.2 cm³/mol. The van der Waals surface area contributed by atoms with Crippen molar-refractivity contribution in [3.8, 4) is 0 Å². The van der Waals surface area contributed by atoms with E-state index in [1.165, 1.54) is 12.1 Å². The topological polar surface area (TPSA) is 66.4 Å². The maximum Gasteiger partial charge on any atom is 0.337 e. The highest BCUT2D eigenvalue weighted by molar-refractivity contribution is 14.1. The van der Waals surface area contributed by atoms with E-state index in [1.807, 2.05) is 12.1 Å². The number of nitrogens with one attached hydrogen (secondary N) is 1. The number of carbonyl (C=O) groups is 2. The van der Waals surface area contributed by atoms with Crippen LogP contribution in [0.2, 0.25) is 5.02 Å². The molecule has 4 nitrogen and oxygen atoms in total. The minimum atomic E-state index is -1.14. The quantitative estimate of drug-likeness (QED) is 0.578. The van der Waals surface area contributed by atoms with Gasteiger partial charge in [0, 0.05) is 12.8 Å². The summed E-state index contributed by atoms with van der Waals surface area (Å²) in [6, 6.07) is 9.87. The van der Waals surface area contributed by atoms with Gasteiger partial charge in [-0.1, -0.05) is 11.6 Å². The summed E-state index contributed by atoms with van der Waals surface area (Å²) in [5.41, 5.74) is 0.873. The lowest BCUT2D eigenvalue weighted by Crippen LogP contribution is -2.14. The number of rotatable bonds is 3. The second-order valence-electron chi connectivity index (χ2n) is 4.08. The van der Waals surface area contributed by atoms with E-state index in [0.29, 0.717) is 11.3 Å². The van der Waals surface area contributed by atoms with E-state index >= 15 is 0 Å². The van der Waals surface area contributed by atoms with Crippen LogP contribution >= 0.6 is 56.8 Å². The van der Waals surface area contributed by atoms with E-state index in [4.69, 9.17) is 16.7 Å². The third-order valence-corrected chi connectivity index (χ3v) is 4.57. The second-order valence-corrected chi connectivity index (χ2v) is 6.89. The summed E-state index contributed by atoms with van der Waals surface area (Å²) >= 11 is 10.00. The van der Waals surface area contributed by atoms with Crippen LogP contribution in [0, 0.1) is 7.14 Å². The van der Waals surface area contributed by atoms with Crippen LogP contribution in [0.3, 0.4) is 0 Å². The monoisotopic (exact) mass is 527 g/mol. The largest absolute Gasteiger partial charge is 0.478 e. The van der Waals surface area contributed by atoms with Crippen molar-refractivity contribution in [3.05, 3.63) is 59.7 Å². The fourth-order valence-electron chi connectivity index (χ4n) is 1.64. The lowest BCUT2D eigenvalue weighted by atomic mass is 10.1. The zero-order valence-corrected chi connectivity index (χ0v) is 15.4. The minimum Gasteiger partial charge on any atom is -0.478 e. The van der Waals surface area contributed by atoms with Crippen molar-refractivity contribution in [2.45, 2.75) is 0 Å². The summed E-state index contributed by atoms with van der Waals surface area (Å²) in [5, 5.41) is 11.8. The van der Waals surface area contributed by atoms with Crippen molar-refractivity contribution < 1.29 is 14.7 Å². The van der Waals surface area contributed by atoms with Gasteiger partial charge in [0.15, 0.2) is 0 Å². The van der Waals surface area contributed by atoms with Crippen LogP contribution in [0.25, 0.3) is 0 Å². The number of hydrogen-bond acceptors (Lipinski definition) is 2. The summed E-state index contributed by atoms with van der Waals surface area (Å²) < 4.78 is 1.76. The molecule has 0 bridgehead atoms. The molecule has 0 fully saturated rings. The van der Waals surface area contributed by atoms with Gasteiger partial charge in [-0.05, 0) is 81.6 Å². The molecule has 0 aliphatic rings. The first-order valence-electron chi connectivity index (χ1n) is 5.67. The smallest absolute Gasteiger partial charge is 0.337 e. The fraction of sp³-hybridized carbons (Fsp3) is 0. The average molecular weight is 527 g/mol. The van der Waals surface area contributed by atoms with E-state index in [0.717, 1.165) is 7.14 Å². The van der Waals surface area contributed by atoms with Gasteiger partial charge in [-0.2, -0.15) is 0 Å². The van der Waals surface area contributed by atoms with E-state index in [-0.39, 0.29) is 16.5 Å². The minimum absolute atomic E-state index is 0.0493. The number of hydrogen-bond donors (Lipinski definition) is 2. The molecule has 0 heterocycles. The molecule has 2 rings (SSSR count). The van der Waals surface area contributed by atoms with E-state index in [9.17, 15) is 9.59 Å². The Kier molecular flexibility index (Phi) is 5.44. The first-order valence-corrected chi connectivity index (χ1v) is 8.21. The van der Waals surface area contributed by atoms with Crippen molar-refractivity contribution in [1.29, 1.82) is 0 Å². The molecule has 2 N–H and O–H groups in total. The Balaban J connectivity index is 2.29. The zero-order valence-electron chi connectivity index (χ0n) is 10.4. The van der Waals surface area contributed by atoms with Crippen molar-refractivity contribution in [3.63, 3.8) is 0 Å². The van der Waals surface area contributed by atoms with Gasteiger partial charge in [-0.3, -0.25) is 4.79 Å². The molecule has 0 aliphatic heterocycles. The van der Waals surface area contributed by atoms with Crippen LogP contribution in [-0.2, 0) is 0 Å².